The fourth-order valence-corrected chi connectivity index (χ4v) is 3.26. The highest BCUT2D eigenvalue weighted by Gasteiger charge is 2.29. The van der Waals surface area contributed by atoms with E-state index in [9.17, 15) is 4.79 Å². The van der Waals surface area contributed by atoms with E-state index in [4.69, 9.17) is 0 Å². The number of carbonyl (C=O) groups is 1. The summed E-state index contributed by atoms with van der Waals surface area (Å²) in [5, 5.41) is 1.69. The molecule has 3 nitrogen and oxygen atoms in total. The molecule has 28 heavy (non-hydrogen) atoms. The van der Waals surface area contributed by atoms with Gasteiger partial charge < -0.3 is 0 Å². The molecule has 0 aromatic heterocycles. The number of hydrazine groups is 1. The number of nitrogens with zero attached hydrogens (tertiary/aromatic N) is 1. The molecule has 0 spiro atoms. The number of carbonyl (C=O) groups excluding carboxylic acids is 1. The minimum Gasteiger partial charge on any atom is -0.295 e. The van der Waals surface area contributed by atoms with Gasteiger partial charge in [-0.25, -0.2) is 5.01 Å². The molecule has 3 aromatic rings. The second-order valence-corrected chi connectivity index (χ2v) is 6.87. The molecule has 138 valence electrons. The van der Waals surface area contributed by atoms with Crippen LogP contribution in [0.2, 0.25) is 0 Å². The second-order valence-electron chi connectivity index (χ2n) is 6.87. The standard InChI is InChI=1S/C25H22N2O/c1-19-12-15-22(16-13-19)24-18-23(21-10-6-3-7-11-21)26-27(24)25(28)17-14-20-8-4-2-5-9-20/h2-18,24,26H,1H3/b17-14+/t24-/m0/s1. The Morgan fingerprint density at radius 1 is 0.893 bits per heavy atom. The quantitative estimate of drug-likeness (QED) is 0.649. The van der Waals surface area contributed by atoms with Crippen molar-refractivity contribution in [3.63, 3.8) is 0 Å². The van der Waals surface area contributed by atoms with Gasteiger partial charge >= 0.3 is 0 Å². The van der Waals surface area contributed by atoms with E-state index in [1.807, 2.05) is 66.7 Å². The van der Waals surface area contributed by atoms with E-state index < -0.39 is 0 Å². The zero-order valence-corrected chi connectivity index (χ0v) is 15.7. The number of hydrogen-bond donors (Lipinski definition) is 1. The van der Waals surface area contributed by atoms with Crippen LogP contribution >= 0.6 is 0 Å². The molecule has 1 heterocycles. The molecule has 0 fully saturated rings. The summed E-state index contributed by atoms with van der Waals surface area (Å²) in [6.07, 6.45) is 5.57. The lowest BCUT2D eigenvalue weighted by Crippen LogP contribution is -2.38. The molecular formula is C25H22N2O. The van der Waals surface area contributed by atoms with Crippen molar-refractivity contribution in [2.75, 3.05) is 0 Å². The van der Waals surface area contributed by atoms with Crippen molar-refractivity contribution in [2.45, 2.75) is 13.0 Å². The molecule has 0 saturated carbocycles. The van der Waals surface area contributed by atoms with Crippen LogP contribution in [-0.4, -0.2) is 10.9 Å². The topological polar surface area (TPSA) is 32.3 Å². The fraction of sp³-hybridized carbons (Fsp3) is 0.0800. The fourth-order valence-electron chi connectivity index (χ4n) is 3.26. The van der Waals surface area contributed by atoms with Gasteiger partial charge in [-0.3, -0.25) is 10.2 Å². The van der Waals surface area contributed by atoms with Gasteiger partial charge in [0, 0.05) is 6.08 Å². The SMILES string of the molecule is Cc1ccc([C@@H]2C=C(c3ccccc3)NN2C(=O)/C=C/c2ccccc2)cc1. The molecule has 0 saturated heterocycles. The summed E-state index contributed by atoms with van der Waals surface area (Å²) in [5.74, 6) is -0.0865. The van der Waals surface area contributed by atoms with Crippen molar-refractivity contribution in [2.24, 2.45) is 0 Å². The molecule has 3 heteroatoms. The van der Waals surface area contributed by atoms with Crippen LogP contribution in [0.1, 0.15) is 28.3 Å². The number of amides is 1. The van der Waals surface area contributed by atoms with Gasteiger partial charge in [0.2, 0.25) is 0 Å². The Labute approximate surface area is 165 Å². The van der Waals surface area contributed by atoms with E-state index in [0.29, 0.717) is 0 Å². The molecule has 1 aliphatic heterocycles. The average molecular weight is 366 g/mol. The minimum atomic E-state index is -0.163. The minimum absolute atomic E-state index is 0.0865. The highest BCUT2D eigenvalue weighted by atomic mass is 16.2. The highest BCUT2D eigenvalue weighted by Crippen LogP contribution is 2.31. The zero-order chi connectivity index (χ0) is 19.3. The summed E-state index contributed by atoms with van der Waals surface area (Å²) in [4.78, 5) is 13.0. The number of benzene rings is 3. The Kier molecular flexibility index (Phi) is 5.07. The van der Waals surface area contributed by atoms with Gasteiger partial charge in [-0.2, -0.15) is 0 Å². The van der Waals surface area contributed by atoms with E-state index in [2.05, 4.69) is 42.7 Å². The van der Waals surface area contributed by atoms with Gasteiger partial charge in [0.25, 0.3) is 5.91 Å². The first-order valence-electron chi connectivity index (χ1n) is 9.37. The molecule has 0 bridgehead atoms. The van der Waals surface area contributed by atoms with E-state index in [-0.39, 0.29) is 11.9 Å². The monoisotopic (exact) mass is 366 g/mol. The third kappa shape index (κ3) is 3.89. The molecule has 1 aliphatic rings. The van der Waals surface area contributed by atoms with Gasteiger partial charge in [-0.1, -0.05) is 90.5 Å². The number of hydrogen-bond acceptors (Lipinski definition) is 2. The van der Waals surface area contributed by atoms with Crippen LogP contribution in [0.5, 0.6) is 0 Å². The average Bonchev–Trinajstić information content (AvgIpc) is 3.19. The summed E-state index contributed by atoms with van der Waals surface area (Å²) in [6, 6.07) is 28.0. The smallest absolute Gasteiger partial charge is 0.265 e. The Hall–Kier alpha value is -3.59. The van der Waals surface area contributed by atoms with Gasteiger partial charge in [0.15, 0.2) is 0 Å². The maximum absolute atomic E-state index is 13.0. The maximum atomic E-state index is 13.0. The molecule has 1 N–H and O–H groups in total. The highest BCUT2D eigenvalue weighted by molar-refractivity contribution is 5.93. The Bertz CT molecular complexity index is 1010. The summed E-state index contributed by atoms with van der Waals surface area (Å²) in [7, 11) is 0. The molecular weight excluding hydrogens is 344 g/mol. The van der Waals surface area contributed by atoms with Crippen molar-refractivity contribution in [3.05, 3.63) is 119 Å². The first-order chi connectivity index (χ1) is 13.7. The van der Waals surface area contributed by atoms with E-state index >= 15 is 0 Å². The summed E-state index contributed by atoms with van der Waals surface area (Å²) in [6.45, 7) is 2.06. The van der Waals surface area contributed by atoms with Crippen LogP contribution in [-0.2, 0) is 4.79 Å². The summed E-state index contributed by atoms with van der Waals surface area (Å²) >= 11 is 0. The summed E-state index contributed by atoms with van der Waals surface area (Å²) in [5.41, 5.74) is 8.57. The largest absolute Gasteiger partial charge is 0.295 e. The molecule has 1 atom stereocenters. The summed E-state index contributed by atoms with van der Waals surface area (Å²) < 4.78 is 0. The zero-order valence-electron chi connectivity index (χ0n) is 15.7. The first-order valence-corrected chi connectivity index (χ1v) is 9.37. The first kappa shape index (κ1) is 17.8. The van der Waals surface area contributed by atoms with E-state index in [1.165, 1.54) is 5.56 Å². The molecule has 1 amide bonds. The van der Waals surface area contributed by atoms with Crippen LogP contribution in [0.3, 0.4) is 0 Å². The van der Waals surface area contributed by atoms with E-state index in [1.54, 1.807) is 11.1 Å². The van der Waals surface area contributed by atoms with Crippen molar-refractivity contribution in [1.29, 1.82) is 0 Å². The van der Waals surface area contributed by atoms with Crippen LogP contribution in [0.25, 0.3) is 11.8 Å². The van der Waals surface area contributed by atoms with Gasteiger partial charge in [-0.15, -0.1) is 0 Å². The second kappa shape index (κ2) is 7.97. The van der Waals surface area contributed by atoms with Crippen molar-refractivity contribution >= 4 is 17.7 Å². The molecule has 0 unspecified atom stereocenters. The van der Waals surface area contributed by atoms with Gasteiger partial charge in [0.1, 0.15) is 0 Å². The Morgan fingerprint density at radius 3 is 2.21 bits per heavy atom. The van der Waals surface area contributed by atoms with Crippen molar-refractivity contribution < 1.29 is 4.79 Å². The Balaban J connectivity index is 1.63. The number of rotatable bonds is 4. The molecule has 0 radical (unpaired) electrons. The molecule has 4 rings (SSSR count). The van der Waals surface area contributed by atoms with Crippen molar-refractivity contribution in [1.82, 2.24) is 10.4 Å². The third-order valence-corrected chi connectivity index (χ3v) is 4.80. The predicted molar refractivity (Wildman–Crippen MR) is 114 cm³/mol. The van der Waals surface area contributed by atoms with E-state index in [0.717, 1.165) is 22.4 Å². The normalized spacial score (nSPS) is 16.1. The van der Waals surface area contributed by atoms with Crippen molar-refractivity contribution in [3.8, 4) is 0 Å². The van der Waals surface area contributed by atoms with Gasteiger partial charge in [0.05, 0.1) is 11.7 Å². The van der Waals surface area contributed by atoms with Crippen LogP contribution in [0.15, 0.2) is 97.1 Å². The van der Waals surface area contributed by atoms with Crippen LogP contribution < -0.4 is 5.43 Å². The van der Waals surface area contributed by atoms with Crippen LogP contribution in [0, 0.1) is 6.92 Å². The maximum Gasteiger partial charge on any atom is 0.265 e. The number of nitrogens with one attached hydrogen (secondary N) is 1. The van der Waals surface area contributed by atoms with Gasteiger partial charge in [-0.05, 0) is 35.8 Å². The molecule has 3 aromatic carbocycles. The van der Waals surface area contributed by atoms with Crippen LogP contribution in [0.4, 0.5) is 0 Å². The Morgan fingerprint density at radius 2 is 1.54 bits per heavy atom. The lowest BCUT2D eigenvalue weighted by molar-refractivity contribution is -0.129. The predicted octanol–water partition coefficient (Wildman–Crippen LogP) is 5.14. The molecule has 0 aliphatic carbocycles. The lowest BCUT2D eigenvalue weighted by atomic mass is 10.0. The third-order valence-electron chi connectivity index (χ3n) is 4.80. The number of aryl methyl sites for hydroxylation is 1. The lowest BCUT2D eigenvalue weighted by Gasteiger charge is -2.24.